The smallest absolute Gasteiger partial charge is 0.256 e. The van der Waals surface area contributed by atoms with Gasteiger partial charge in [-0.3, -0.25) is 15.1 Å². The van der Waals surface area contributed by atoms with Gasteiger partial charge in [-0.05, 0) is 22.8 Å². The summed E-state index contributed by atoms with van der Waals surface area (Å²) in [5, 5.41) is 2.49. The van der Waals surface area contributed by atoms with Crippen LogP contribution in [0.4, 0.5) is 0 Å². The van der Waals surface area contributed by atoms with Crippen LogP contribution >= 0.6 is 0 Å². The van der Waals surface area contributed by atoms with E-state index < -0.39 is 6.04 Å². The minimum absolute atomic E-state index is 0.173. The fourth-order valence-electron chi connectivity index (χ4n) is 2.04. The number of rotatable bonds is 2. The zero-order chi connectivity index (χ0) is 13.2. The first-order valence-electron chi connectivity index (χ1n) is 5.88. The number of guanidine groups is 1. The van der Waals surface area contributed by atoms with Gasteiger partial charge in [0.15, 0.2) is 12.0 Å². The second-order valence-electron chi connectivity index (χ2n) is 4.27. The van der Waals surface area contributed by atoms with Crippen molar-refractivity contribution >= 4 is 11.9 Å². The first-order valence-corrected chi connectivity index (χ1v) is 5.88. The van der Waals surface area contributed by atoms with Crippen LogP contribution in [0.15, 0.2) is 53.8 Å². The minimum atomic E-state index is -0.539. The van der Waals surface area contributed by atoms with Crippen LogP contribution < -0.4 is 11.1 Å². The molecule has 0 spiro atoms. The largest absolute Gasteiger partial charge is 0.370 e. The van der Waals surface area contributed by atoms with Gasteiger partial charge in [-0.25, -0.2) is 4.99 Å². The molecule has 0 saturated heterocycles. The molecule has 1 unspecified atom stereocenters. The van der Waals surface area contributed by atoms with Gasteiger partial charge in [0.2, 0.25) is 0 Å². The molecule has 1 aromatic carbocycles. The highest BCUT2D eigenvalue weighted by Gasteiger charge is 2.26. The third-order valence-corrected chi connectivity index (χ3v) is 2.99. The van der Waals surface area contributed by atoms with Crippen LogP contribution in [0.3, 0.4) is 0 Å². The van der Waals surface area contributed by atoms with Crippen molar-refractivity contribution in [3.8, 4) is 11.1 Å². The number of hydrogen-bond donors (Lipinski definition) is 2. The van der Waals surface area contributed by atoms with Crippen LogP contribution in [-0.4, -0.2) is 16.9 Å². The van der Waals surface area contributed by atoms with Crippen LogP contribution in [-0.2, 0) is 4.79 Å². The Morgan fingerprint density at radius 2 is 1.89 bits per heavy atom. The molecule has 94 valence electrons. The highest BCUT2D eigenvalue weighted by molar-refractivity contribution is 6.04. The fraction of sp³-hybridized carbons (Fsp3) is 0.0714. The zero-order valence-electron chi connectivity index (χ0n) is 10.1. The number of carbonyl (C=O) groups excluding carboxylic acids is 1. The number of carbonyl (C=O) groups is 1. The predicted octanol–water partition coefficient (Wildman–Crippen LogP) is 1.23. The van der Waals surface area contributed by atoms with E-state index in [0.717, 1.165) is 16.7 Å². The van der Waals surface area contributed by atoms with Gasteiger partial charge in [0.05, 0.1) is 0 Å². The standard InChI is InChI=1S/C14H12N4O/c15-14-17-12(13(19)18-14)10-5-3-9(4-6-10)11-2-1-7-16-8-11/h1-8,12H,(H3,15,17,18,19). The average Bonchev–Trinajstić information content (AvgIpc) is 2.79. The SMILES string of the molecule is NC1=NC(c2ccc(-c3cccnc3)cc2)C(=O)N1. The lowest BCUT2D eigenvalue weighted by Gasteiger charge is -2.06. The Labute approximate surface area is 110 Å². The average molecular weight is 252 g/mol. The summed E-state index contributed by atoms with van der Waals surface area (Å²) in [6.45, 7) is 0. The maximum absolute atomic E-state index is 11.6. The van der Waals surface area contributed by atoms with Gasteiger partial charge in [-0.15, -0.1) is 0 Å². The van der Waals surface area contributed by atoms with Crippen molar-refractivity contribution in [2.24, 2.45) is 10.7 Å². The molecule has 3 rings (SSSR count). The summed E-state index contributed by atoms with van der Waals surface area (Å²) in [6, 6.07) is 11.0. The normalized spacial score (nSPS) is 18.0. The number of amides is 1. The van der Waals surface area contributed by atoms with Gasteiger partial charge < -0.3 is 5.73 Å². The second-order valence-corrected chi connectivity index (χ2v) is 4.27. The lowest BCUT2D eigenvalue weighted by Crippen LogP contribution is -2.31. The van der Waals surface area contributed by atoms with Gasteiger partial charge in [-0.2, -0.15) is 0 Å². The van der Waals surface area contributed by atoms with Crippen molar-refractivity contribution in [1.29, 1.82) is 0 Å². The Morgan fingerprint density at radius 1 is 1.11 bits per heavy atom. The lowest BCUT2D eigenvalue weighted by atomic mass is 10.0. The molecule has 19 heavy (non-hydrogen) atoms. The number of aliphatic imine (C=N–C) groups is 1. The minimum Gasteiger partial charge on any atom is -0.370 e. The molecular weight excluding hydrogens is 240 g/mol. The van der Waals surface area contributed by atoms with Gasteiger partial charge in [-0.1, -0.05) is 30.3 Å². The van der Waals surface area contributed by atoms with E-state index in [4.69, 9.17) is 5.73 Å². The summed E-state index contributed by atoms with van der Waals surface area (Å²) in [4.78, 5) is 19.8. The maximum Gasteiger partial charge on any atom is 0.256 e. The van der Waals surface area contributed by atoms with Crippen LogP contribution in [0.2, 0.25) is 0 Å². The molecule has 0 aliphatic carbocycles. The van der Waals surface area contributed by atoms with Gasteiger partial charge in [0.25, 0.3) is 5.91 Å². The summed E-state index contributed by atoms with van der Waals surface area (Å²) in [7, 11) is 0. The van der Waals surface area contributed by atoms with E-state index in [1.165, 1.54) is 0 Å². The third kappa shape index (κ3) is 2.18. The molecule has 2 heterocycles. The molecule has 0 bridgehead atoms. The second kappa shape index (κ2) is 4.53. The van der Waals surface area contributed by atoms with E-state index in [2.05, 4.69) is 15.3 Å². The number of pyridine rings is 1. The Hall–Kier alpha value is -2.69. The number of aromatic nitrogens is 1. The van der Waals surface area contributed by atoms with Gasteiger partial charge in [0.1, 0.15) is 0 Å². The topological polar surface area (TPSA) is 80.4 Å². The molecule has 1 aliphatic rings. The number of hydrogen-bond acceptors (Lipinski definition) is 4. The highest BCUT2D eigenvalue weighted by atomic mass is 16.2. The third-order valence-electron chi connectivity index (χ3n) is 2.99. The van der Waals surface area contributed by atoms with Crippen molar-refractivity contribution in [3.63, 3.8) is 0 Å². The molecular formula is C14H12N4O. The van der Waals surface area contributed by atoms with Crippen LogP contribution in [0.25, 0.3) is 11.1 Å². The van der Waals surface area contributed by atoms with E-state index >= 15 is 0 Å². The molecule has 1 aromatic heterocycles. The molecule has 0 fully saturated rings. The van der Waals surface area contributed by atoms with E-state index in [9.17, 15) is 4.79 Å². The molecule has 0 radical (unpaired) electrons. The Kier molecular flexibility index (Phi) is 2.72. The summed E-state index contributed by atoms with van der Waals surface area (Å²) in [5.41, 5.74) is 8.39. The van der Waals surface area contributed by atoms with Crippen molar-refractivity contribution in [2.45, 2.75) is 6.04 Å². The van der Waals surface area contributed by atoms with Gasteiger partial charge >= 0.3 is 0 Å². The quantitative estimate of drug-likeness (QED) is 0.843. The summed E-state index contributed by atoms with van der Waals surface area (Å²) >= 11 is 0. The number of nitrogens with zero attached hydrogens (tertiary/aromatic N) is 2. The lowest BCUT2D eigenvalue weighted by molar-refractivity contribution is -0.120. The number of nitrogens with two attached hydrogens (primary N) is 1. The molecule has 0 saturated carbocycles. The van der Waals surface area contributed by atoms with Crippen LogP contribution in [0.5, 0.6) is 0 Å². The van der Waals surface area contributed by atoms with Crippen LogP contribution in [0.1, 0.15) is 11.6 Å². The monoisotopic (exact) mass is 252 g/mol. The van der Waals surface area contributed by atoms with E-state index in [1.807, 2.05) is 36.4 Å². The van der Waals surface area contributed by atoms with E-state index in [0.29, 0.717) is 0 Å². The first kappa shape index (κ1) is 11.4. The van der Waals surface area contributed by atoms with Crippen molar-refractivity contribution in [2.75, 3.05) is 0 Å². The number of benzene rings is 1. The van der Waals surface area contributed by atoms with E-state index in [1.54, 1.807) is 12.4 Å². The molecule has 1 amide bonds. The van der Waals surface area contributed by atoms with Crippen LogP contribution in [0, 0.1) is 0 Å². The van der Waals surface area contributed by atoms with Crippen molar-refractivity contribution in [3.05, 3.63) is 54.4 Å². The molecule has 1 aliphatic heterocycles. The maximum atomic E-state index is 11.6. The van der Waals surface area contributed by atoms with Crippen molar-refractivity contribution in [1.82, 2.24) is 10.3 Å². The Morgan fingerprint density at radius 3 is 2.47 bits per heavy atom. The zero-order valence-corrected chi connectivity index (χ0v) is 10.1. The first-order chi connectivity index (χ1) is 9.24. The molecule has 3 N–H and O–H groups in total. The molecule has 5 heteroatoms. The molecule has 2 aromatic rings. The molecule has 5 nitrogen and oxygen atoms in total. The fourth-order valence-corrected chi connectivity index (χ4v) is 2.04. The summed E-state index contributed by atoms with van der Waals surface area (Å²) in [6.07, 6.45) is 3.53. The van der Waals surface area contributed by atoms with Crippen molar-refractivity contribution < 1.29 is 4.79 Å². The summed E-state index contributed by atoms with van der Waals surface area (Å²) in [5.74, 6) is -0.0158. The summed E-state index contributed by atoms with van der Waals surface area (Å²) < 4.78 is 0. The number of nitrogens with one attached hydrogen (secondary N) is 1. The predicted molar refractivity (Wildman–Crippen MR) is 72.2 cm³/mol. The highest BCUT2D eigenvalue weighted by Crippen LogP contribution is 2.24. The molecule has 1 atom stereocenters. The Bertz CT molecular complexity index is 634. The van der Waals surface area contributed by atoms with E-state index in [-0.39, 0.29) is 11.9 Å². The van der Waals surface area contributed by atoms with Gasteiger partial charge in [0, 0.05) is 12.4 Å². The Balaban J connectivity index is 1.90.